The maximum Gasteiger partial charge on any atom is 0.337 e. The van der Waals surface area contributed by atoms with Gasteiger partial charge in [0, 0.05) is 6.20 Å². The summed E-state index contributed by atoms with van der Waals surface area (Å²) in [7, 11) is 0. The maximum atomic E-state index is 10.4. The van der Waals surface area contributed by atoms with Crippen LogP contribution < -0.4 is 5.73 Å². The van der Waals surface area contributed by atoms with Crippen molar-refractivity contribution in [1.29, 1.82) is 0 Å². The van der Waals surface area contributed by atoms with E-state index in [4.69, 9.17) is 10.8 Å². The van der Waals surface area contributed by atoms with Crippen LogP contribution in [0.2, 0.25) is 0 Å². The van der Waals surface area contributed by atoms with Crippen molar-refractivity contribution in [3.05, 3.63) is 23.4 Å². The summed E-state index contributed by atoms with van der Waals surface area (Å²) < 4.78 is 0. The van der Waals surface area contributed by atoms with Gasteiger partial charge in [-0.05, 0) is 18.6 Å². The minimum Gasteiger partial charge on any atom is -0.478 e. The lowest BCUT2D eigenvalue weighted by Crippen LogP contribution is -2.01. The minimum atomic E-state index is -0.986. The molecule has 0 atom stereocenters. The number of hydrogen-bond acceptors (Lipinski definition) is 3. The molecule has 0 bridgehead atoms. The molecule has 4 heteroatoms. The quantitative estimate of drug-likeness (QED) is 0.693. The van der Waals surface area contributed by atoms with Crippen LogP contribution in [0, 0.1) is 6.92 Å². The van der Waals surface area contributed by atoms with E-state index in [1.54, 1.807) is 6.92 Å². The second-order valence-electron chi connectivity index (χ2n) is 2.23. The lowest BCUT2D eigenvalue weighted by molar-refractivity contribution is 0.0696. The van der Waals surface area contributed by atoms with Crippen molar-refractivity contribution < 1.29 is 9.90 Å². The van der Waals surface area contributed by atoms with Crippen molar-refractivity contribution in [1.82, 2.24) is 4.98 Å². The van der Waals surface area contributed by atoms with Gasteiger partial charge in [-0.15, -0.1) is 0 Å². The first-order chi connectivity index (χ1) is 6.11. The van der Waals surface area contributed by atoms with E-state index in [2.05, 4.69) is 4.98 Å². The number of carboxylic acid groups (broad SMARTS) is 1. The Kier molecular flexibility index (Phi) is 4.51. The Morgan fingerprint density at radius 1 is 1.54 bits per heavy atom. The van der Waals surface area contributed by atoms with E-state index in [1.165, 1.54) is 12.3 Å². The van der Waals surface area contributed by atoms with Gasteiger partial charge in [0.25, 0.3) is 0 Å². The average molecular weight is 182 g/mol. The fourth-order valence-corrected chi connectivity index (χ4v) is 0.702. The number of anilines is 1. The van der Waals surface area contributed by atoms with E-state index >= 15 is 0 Å². The summed E-state index contributed by atoms with van der Waals surface area (Å²) in [6.45, 7) is 5.72. The minimum absolute atomic E-state index is 0.164. The molecular weight excluding hydrogens is 168 g/mol. The molecule has 1 heterocycles. The standard InChI is InChI=1S/C7H8N2O2.C2H6/c1-4-2-5(7(10)11)3-9-6(4)8;1-2/h2-3H,1H3,(H2,8,9)(H,10,11);1-2H3. The zero-order chi connectivity index (χ0) is 10.4. The highest BCUT2D eigenvalue weighted by Crippen LogP contribution is 2.08. The van der Waals surface area contributed by atoms with Crippen molar-refractivity contribution in [3.8, 4) is 0 Å². The summed E-state index contributed by atoms with van der Waals surface area (Å²) in [5.41, 5.74) is 6.23. The van der Waals surface area contributed by atoms with Crippen molar-refractivity contribution in [2.24, 2.45) is 0 Å². The zero-order valence-corrected chi connectivity index (χ0v) is 8.03. The molecule has 0 spiro atoms. The number of rotatable bonds is 1. The van der Waals surface area contributed by atoms with E-state index in [9.17, 15) is 4.79 Å². The zero-order valence-electron chi connectivity index (χ0n) is 8.03. The number of nitrogens with two attached hydrogens (primary N) is 1. The van der Waals surface area contributed by atoms with Gasteiger partial charge < -0.3 is 10.8 Å². The van der Waals surface area contributed by atoms with Gasteiger partial charge in [-0.3, -0.25) is 0 Å². The van der Waals surface area contributed by atoms with E-state index in [1.807, 2.05) is 13.8 Å². The first kappa shape index (κ1) is 11.4. The molecule has 0 aliphatic rings. The molecule has 3 N–H and O–H groups in total. The van der Waals surface area contributed by atoms with E-state index in [-0.39, 0.29) is 5.56 Å². The van der Waals surface area contributed by atoms with Crippen LogP contribution in [0.15, 0.2) is 12.3 Å². The SMILES string of the molecule is CC.Cc1cc(C(=O)O)cnc1N. The van der Waals surface area contributed by atoms with Gasteiger partial charge in [-0.25, -0.2) is 9.78 Å². The van der Waals surface area contributed by atoms with Crippen LogP contribution in [0.1, 0.15) is 29.8 Å². The number of nitrogen functional groups attached to an aromatic ring is 1. The highest BCUT2D eigenvalue weighted by atomic mass is 16.4. The largest absolute Gasteiger partial charge is 0.478 e. The average Bonchev–Trinajstić information content (AvgIpc) is 2.13. The first-order valence-electron chi connectivity index (χ1n) is 4.06. The Morgan fingerprint density at radius 2 is 2.08 bits per heavy atom. The number of pyridine rings is 1. The molecule has 0 radical (unpaired) electrons. The molecule has 0 saturated heterocycles. The maximum absolute atomic E-state index is 10.4. The van der Waals surface area contributed by atoms with E-state index in [0.717, 1.165) is 0 Å². The van der Waals surface area contributed by atoms with Gasteiger partial charge >= 0.3 is 5.97 Å². The van der Waals surface area contributed by atoms with Crippen molar-refractivity contribution in [2.45, 2.75) is 20.8 Å². The third-order valence-corrected chi connectivity index (χ3v) is 1.37. The molecule has 0 aliphatic heterocycles. The highest BCUT2D eigenvalue weighted by molar-refractivity contribution is 5.87. The van der Waals surface area contributed by atoms with Crippen LogP contribution in [0.3, 0.4) is 0 Å². The van der Waals surface area contributed by atoms with Crippen molar-refractivity contribution in [3.63, 3.8) is 0 Å². The molecule has 4 nitrogen and oxygen atoms in total. The first-order valence-corrected chi connectivity index (χ1v) is 4.06. The Bertz CT molecular complexity index is 298. The van der Waals surface area contributed by atoms with Gasteiger partial charge in [0.15, 0.2) is 0 Å². The van der Waals surface area contributed by atoms with Crippen molar-refractivity contribution >= 4 is 11.8 Å². The van der Waals surface area contributed by atoms with Gasteiger partial charge in [-0.1, -0.05) is 13.8 Å². The number of carboxylic acids is 1. The Morgan fingerprint density at radius 3 is 2.46 bits per heavy atom. The second kappa shape index (κ2) is 5.13. The molecular formula is C9H14N2O2. The number of aromatic nitrogens is 1. The number of carbonyl (C=O) groups is 1. The second-order valence-corrected chi connectivity index (χ2v) is 2.23. The molecule has 0 amide bonds. The fraction of sp³-hybridized carbons (Fsp3) is 0.333. The number of aromatic carboxylic acids is 1. The van der Waals surface area contributed by atoms with Crippen molar-refractivity contribution in [2.75, 3.05) is 5.73 Å². The van der Waals surface area contributed by atoms with Gasteiger partial charge in [0.2, 0.25) is 0 Å². The van der Waals surface area contributed by atoms with Gasteiger partial charge in [-0.2, -0.15) is 0 Å². The predicted molar refractivity (Wildman–Crippen MR) is 51.7 cm³/mol. The number of nitrogens with zero attached hydrogens (tertiary/aromatic N) is 1. The van der Waals surface area contributed by atoms with Crippen LogP contribution in [0.4, 0.5) is 5.82 Å². The molecule has 1 rings (SSSR count). The summed E-state index contributed by atoms with van der Waals surface area (Å²) in [4.78, 5) is 14.1. The normalized spacial score (nSPS) is 8.54. The summed E-state index contributed by atoms with van der Waals surface area (Å²) in [5, 5.41) is 8.52. The summed E-state index contributed by atoms with van der Waals surface area (Å²) in [6, 6.07) is 1.49. The highest BCUT2D eigenvalue weighted by Gasteiger charge is 2.03. The summed E-state index contributed by atoms with van der Waals surface area (Å²) >= 11 is 0. The third-order valence-electron chi connectivity index (χ3n) is 1.37. The molecule has 72 valence electrons. The topological polar surface area (TPSA) is 76.2 Å². The van der Waals surface area contributed by atoms with Crippen LogP contribution in [-0.4, -0.2) is 16.1 Å². The van der Waals surface area contributed by atoms with E-state index in [0.29, 0.717) is 11.4 Å². The smallest absolute Gasteiger partial charge is 0.337 e. The predicted octanol–water partition coefficient (Wildman–Crippen LogP) is 1.70. The third kappa shape index (κ3) is 3.11. The molecule has 0 unspecified atom stereocenters. The Hall–Kier alpha value is -1.58. The lowest BCUT2D eigenvalue weighted by atomic mass is 10.2. The summed E-state index contributed by atoms with van der Waals surface area (Å²) in [5.74, 6) is -0.615. The van der Waals surface area contributed by atoms with E-state index < -0.39 is 5.97 Å². The molecule has 0 saturated carbocycles. The Labute approximate surface area is 77.4 Å². The number of hydrogen-bond donors (Lipinski definition) is 2. The van der Waals surface area contributed by atoms with Crippen LogP contribution in [0.25, 0.3) is 0 Å². The molecule has 0 fully saturated rings. The number of aryl methyl sites for hydroxylation is 1. The monoisotopic (exact) mass is 182 g/mol. The van der Waals surface area contributed by atoms with Crippen LogP contribution in [0.5, 0.6) is 0 Å². The van der Waals surface area contributed by atoms with Crippen LogP contribution in [-0.2, 0) is 0 Å². The van der Waals surface area contributed by atoms with Crippen LogP contribution >= 0.6 is 0 Å². The Balaban J connectivity index is 0.000000671. The van der Waals surface area contributed by atoms with Gasteiger partial charge in [0.1, 0.15) is 5.82 Å². The molecule has 0 aromatic carbocycles. The fourth-order valence-electron chi connectivity index (χ4n) is 0.702. The summed E-state index contributed by atoms with van der Waals surface area (Å²) in [6.07, 6.45) is 1.24. The molecule has 13 heavy (non-hydrogen) atoms. The molecule has 1 aromatic heterocycles. The molecule has 0 aliphatic carbocycles. The molecule has 1 aromatic rings. The van der Waals surface area contributed by atoms with Gasteiger partial charge in [0.05, 0.1) is 5.56 Å². The lowest BCUT2D eigenvalue weighted by Gasteiger charge is -1.98.